The molecule has 0 bridgehead atoms. The maximum absolute atomic E-state index is 8.76. The minimum atomic E-state index is -0.379. The van der Waals surface area contributed by atoms with Gasteiger partial charge in [-0.05, 0) is 6.07 Å². The Labute approximate surface area is 65.1 Å². The van der Waals surface area contributed by atoms with Gasteiger partial charge in [-0.2, -0.15) is 0 Å². The van der Waals surface area contributed by atoms with Gasteiger partial charge in [0.25, 0.3) is 0 Å². The Morgan fingerprint density at radius 2 is 2.18 bits per heavy atom. The normalized spacial score (nSPS) is 12.0. The molecule has 0 saturated carbocycles. The van der Waals surface area contributed by atoms with Gasteiger partial charge in [0, 0.05) is 12.4 Å². The molecule has 0 aliphatic rings. The van der Waals surface area contributed by atoms with Crippen molar-refractivity contribution in [2.75, 3.05) is 6.61 Å². The summed E-state index contributed by atoms with van der Waals surface area (Å²) in [5, 5.41) is 8.76. The molecule has 0 aromatic carbocycles. The van der Waals surface area contributed by atoms with Crippen molar-refractivity contribution < 1.29 is 5.11 Å². The highest BCUT2D eigenvalue weighted by molar-refractivity contribution is 5.11. The second-order valence-electron chi connectivity index (χ2n) is 2.01. The van der Waals surface area contributed by atoms with Gasteiger partial charge < -0.3 is 5.11 Å². The number of aliphatic hydroxyl groups is 1. The van der Waals surface area contributed by atoms with Crippen LogP contribution < -0.4 is 0 Å². The summed E-state index contributed by atoms with van der Waals surface area (Å²) < 4.78 is 0. The van der Waals surface area contributed by atoms with Crippen LogP contribution >= 0.6 is 0 Å². The molecule has 1 unspecified atom stereocenters. The number of aliphatic hydroxyl groups excluding tert-OH is 1. The summed E-state index contributed by atoms with van der Waals surface area (Å²) in [6, 6.07) is 1.70. The third-order valence-corrected chi connectivity index (χ3v) is 1.28. The average molecular weight is 148 g/mol. The van der Waals surface area contributed by atoms with E-state index >= 15 is 0 Å². The van der Waals surface area contributed by atoms with Gasteiger partial charge in [-0.1, -0.05) is 5.92 Å². The monoisotopic (exact) mass is 148 g/mol. The van der Waals surface area contributed by atoms with Crippen LogP contribution in [0.25, 0.3) is 0 Å². The molecule has 3 nitrogen and oxygen atoms in total. The lowest BCUT2D eigenvalue weighted by atomic mass is 10.1. The summed E-state index contributed by atoms with van der Waals surface area (Å²) in [7, 11) is 0. The SMILES string of the molecule is C#CC(CO)c1ncccn1. The molecule has 3 heteroatoms. The molecule has 56 valence electrons. The molecule has 1 heterocycles. The Kier molecular flexibility index (Phi) is 2.59. The van der Waals surface area contributed by atoms with E-state index in [4.69, 9.17) is 11.5 Å². The van der Waals surface area contributed by atoms with Crippen molar-refractivity contribution in [3.8, 4) is 12.3 Å². The molecular formula is C8H8N2O. The van der Waals surface area contributed by atoms with E-state index in [1.165, 1.54) is 0 Å². The lowest BCUT2D eigenvalue weighted by Gasteiger charge is -2.02. The molecule has 1 N–H and O–H groups in total. The lowest BCUT2D eigenvalue weighted by Crippen LogP contribution is -2.05. The molecule has 0 aliphatic carbocycles. The summed E-state index contributed by atoms with van der Waals surface area (Å²) in [5.74, 6) is 2.51. The number of terminal acetylenes is 1. The van der Waals surface area contributed by atoms with Crippen molar-refractivity contribution in [1.82, 2.24) is 9.97 Å². The first-order valence-electron chi connectivity index (χ1n) is 3.22. The van der Waals surface area contributed by atoms with Crippen LogP contribution in [0.3, 0.4) is 0 Å². The number of hydrogen-bond donors (Lipinski definition) is 1. The molecule has 0 spiro atoms. The molecule has 1 aromatic heterocycles. The van der Waals surface area contributed by atoms with Crippen LogP contribution in [0.1, 0.15) is 11.7 Å². The molecule has 11 heavy (non-hydrogen) atoms. The van der Waals surface area contributed by atoms with Crippen LogP contribution in [0, 0.1) is 12.3 Å². The Morgan fingerprint density at radius 3 is 2.64 bits per heavy atom. The number of aromatic nitrogens is 2. The van der Waals surface area contributed by atoms with Gasteiger partial charge in [-0.15, -0.1) is 6.42 Å². The summed E-state index contributed by atoms with van der Waals surface area (Å²) in [5.41, 5.74) is 0. The van der Waals surface area contributed by atoms with Crippen molar-refractivity contribution in [2.45, 2.75) is 5.92 Å². The number of nitrogens with zero attached hydrogens (tertiary/aromatic N) is 2. The van der Waals surface area contributed by atoms with E-state index in [9.17, 15) is 0 Å². The van der Waals surface area contributed by atoms with Gasteiger partial charge >= 0.3 is 0 Å². The zero-order chi connectivity index (χ0) is 8.10. The smallest absolute Gasteiger partial charge is 0.145 e. The highest BCUT2D eigenvalue weighted by Crippen LogP contribution is 2.05. The second kappa shape index (κ2) is 3.69. The van der Waals surface area contributed by atoms with E-state index in [1.807, 2.05) is 0 Å². The van der Waals surface area contributed by atoms with E-state index in [1.54, 1.807) is 18.5 Å². The molecule has 1 aromatic rings. The fraction of sp³-hybridized carbons (Fsp3) is 0.250. The fourth-order valence-corrected chi connectivity index (χ4v) is 0.699. The second-order valence-corrected chi connectivity index (χ2v) is 2.01. The average Bonchev–Trinajstić information content (AvgIpc) is 2.09. The van der Waals surface area contributed by atoms with Gasteiger partial charge in [0.2, 0.25) is 0 Å². The van der Waals surface area contributed by atoms with Crippen molar-refractivity contribution in [3.63, 3.8) is 0 Å². The molecule has 1 atom stereocenters. The topological polar surface area (TPSA) is 46.0 Å². The maximum atomic E-state index is 8.76. The predicted octanol–water partition coefficient (Wildman–Crippen LogP) is 0.186. The van der Waals surface area contributed by atoms with Gasteiger partial charge in [0.15, 0.2) is 0 Å². The van der Waals surface area contributed by atoms with E-state index in [0.29, 0.717) is 5.82 Å². The van der Waals surface area contributed by atoms with Crippen LogP contribution in [0.4, 0.5) is 0 Å². The van der Waals surface area contributed by atoms with Gasteiger partial charge in [-0.3, -0.25) is 0 Å². The van der Waals surface area contributed by atoms with Crippen LogP contribution in [0.2, 0.25) is 0 Å². The third-order valence-electron chi connectivity index (χ3n) is 1.28. The number of rotatable bonds is 2. The minimum Gasteiger partial charge on any atom is -0.395 e. The highest BCUT2D eigenvalue weighted by Gasteiger charge is 2.07. The standard InChI is InChI=1S/C8H8N2O/c1-2-7(6-11)8-9-4-3-5-10-8/h1,3-5,7,11H,6H2. The molecule has 0 radical (unpaired) electrons. The molecule has 0 amide bonds. The van der Waals surface area contributed by atoms with E-state index in [2.05, 4.69) is 15.9 Å². The lowest BCUT2D eigenvalue weighted by molar-refractivity contribution is 0.283. The minimum absolute atomic E-state index is 0.111. The van der Waals surface area contributed by atoms with Crippen LogP contribution in [-0.2, 0) is 0 Å². The quantitative estimate of drug-likeness (QED) is 0.609. The van der Waals surface area contributed by atoms with E-state index < -0.39 is 0 Å². The Balaban J connectivity index is 2.85. The molecule has 0 fully saturated rings. The molecule has 0 saturated heterocycles. The fourth-order valence-electron chi connectivity index (χ4n) is 0.699. The molecule has 0 aliphatic heterocycles. The third kappa shape index (κ3) is 1.76. The Hall–Kier alpha value is -1.40. The van der Waals surface area contributed by atoms with E-state index in [0.717, 1.165) is 0 Å². The molecule has 1 rings (SSSR count). The first kappa shape index (κ1) is 7.70. The van der Waals surface area contributed by atoms with Gasteiger partial charge in [0.1, 0.15) is 11.7 Å². The van der Waals surface area contributed by atoms with Gasteiger partial charge in [0.05, 0.1) is 6.61 Å². The largest absolute Gasteiger partial charge is 0.395 e. The van der Waals surface area contributed by atoms with Crippen molar-refractivity contribution in [2.24, 2.45) is 0 Å². The maximum Gasteiger partial charge on any atom is 0.145 e. The van der Waals surface area contributed by atoms with Crippen LogP contribution in [-0.4, -0.2) is 21.7 Å². The Bertz CT molecular complexity index is 253. The van der Waals surface area contributed by atoms with Crippen LogP contribution in [0.5, 0.6) is 0 Å². The van der Waals surface area contributed by atoms with Crippen molar-refractivity contribution >= 4 is 0 Å². The number of hydrogen-bond acceptors (Lipinski definition) is 3. The summed E-state index contributed by atoms with van der Waals surface area (Å²) in [4.78, 5) is 7.81. The Morgan fingerprint density at radius 1 is 1.55 bits per heavy atom. The first-order valence-corrected chi connectivity index (χ1v) is 3.22. The summed E-state index contributed by atoms with van der Waals surface area (Å²) in [6.45, 7) is -0.111. The zero-order valence-electron chi connectivity index (χ0n) is 5.94. The highest BCUT2D eigenvalue weighted by atomic mass is 16.3. The van der Waals surface area contributed by atoms with Crippen molar-refractivity contribution in [3.05, 3.63) is 24.3 Å². The van der Waals surface area contributed by atoms with Gasteiger partial charge in [-0.25, -0.2) is 9.97 Å². The predicted molar refractivity (Wildman–Crippen MR) is 40.7 cm³/mol. The first-order chi connectivity index (χ1) is 5.38. The summed E-state index contributed by atoms with van der Waals surface area (Å²) in [6.07, 6.45) is 8.32. The van der Waals surface area contributed by atoms with E-state index in [-0.39, 0.29) is 12.5 Å². The van der Waals surface area contributed by atoms with Crippen LogP contribution in [0.15, 0.2) is 18.5 Å². The van der Waals surface area contributed by atoms with Crippen molar-refractivity contribution in [1.29, 1.82) is 0 Å². The zero-order valence-corrected chi connectivity index (χ0v) is 5.94. The summed E-state index contributed by atoms with van der Waals surface area (Å²) >= 11 is 0. The molecular weight excluding hydrogens is 140 g/mol.